The van der Waals surface area contributed by atoms with E-state index in [9.17, 15) is 9.59 Å². The number of amides is 2. The van der Waals surface area contributed by atoms with E-state index < -0.39 is 0 Å². The largest absolute Gasteiger partial charge is 0.353 e. The Labute approximate surface area is 194 Å². The van der Waals surface area contributed by atoms with Crippen molar-refractivity contribution in [1.29, 1.82) is 0 Å². The van der Waals surface area contributed by atoms with Crippen molar-refractivity contribution in [1.82, 2.24) is 10.6 Å². The SMILES string of the molecule is CC(C)NC(=O)CSc1ccccc1C(=O)NC(C)C(c1ccccc1)c1ccccc1. The second-order valence-electron chi connectivity index (χ2n) is 8.07. The zero-order valence-corrected chi connectivity index (χ0v) is 19.6. The van der Waals surface area contributed by atoms with Crippen molar-refractivity contribution in [3.05, 3.63) is 102 Å². The van der Waals surface area contributed by atoms with Crippen LogP contribution in [0.2, 0.25) is 0 Å². The lowest BCUT2D eigenvalue weighted by atomic mass is 9.85. The molecular weight excluding hydrogens is 416 g/mol. The molecule has 2 N–H and O–H groups in total. The normalized spacial score (nSPS) is 11.9. The van der Waals surface area contributed by atoms with Crippen LogP contribution in [-0.2, 0) is 4.79 Å². The molecule has 0 spiro atoms. The predicted molar refractivity (Wildman–Crippen MR) is 132 cm³/mol. The van der Waals surface area contributed by atoms with E-state index in [-0.39, 0.29) is 35.6 Å². The molecule has 0 fully saturated rings. The van der Waals surface area contributed by atoms with Gasteiger partial charge >= 0.3 is 0 Å². The van der Waals surface area contributed by atoms with Crippen molar-refractivity contribution in [3.8, 4) is 0 Å². The average Bonchev–Trinajstić information content (AvgIpc) is 2.79. The molecule has 0 saturated heterocycles. The molecule has 0 heterocycles. The summed E-state index contributed by atoms with van der Waals surface area (Å²) in [5, 5.41) is 6.09. The molecule has 0 bridgehead atoms. The van der Waals surface area contributed by atoms with E-state index in [1.807, 2.05) is 81.4 Å². The molecule has 1 unspecified atom stereocenters. The lowest BCUT2D eigenvalue weighted by Gasteiger charge is -2.26. The van der Waals surface area contributed by atoms with Gasteiger partial charge in [0.05, 0.1) is 11.3 Å². The Morgan fingerprint density at radius 1 is 0.750 bits per heavy atom. The summed E-state index contributed by atoms with van der Waals surface area (Å²) in [4.78, 5) is 26.1. The Kier molecular flexibility index (Phi) is 8.51. The van der Waals surface area contributed by atoms with Gasteiger partial charge in [0.1, 0.15) is 0 Å². The van der Waals surface area contributed by atoms with Crippen LogP contribution in [0.5, 0.6) is 0 Å². The van der Waals surface area contributed by atoms with Crippen molar-refractivity contribution in [3.63, 3.8) is 0 Å². The van der Waals surface area contributed by atoms with Gasteiger partial charge < -0.3 is 10.6 Å². The molecule has 3 rings (SSSR count). The van der Waals surface area contributed by atoms with E-state index in [1.54, 1.807) is 0 Å². The maximum atomic E-state index is 13.2. The van der Waals surface area contributed by atoms with Crippen LogP contribution in [0.4, 0.5) is 0 Å². The molecule has 166 valence electrons. The summed E-state index contributed by atoms with van der Waals surface area (Å²) in [6.07, 6.45) is 0. The van der Waals surface area contributed by atoms with Crippen LogP contribution in [0, 0.1) is 0 Å². The van der Waals surface area contributed by atoms with Gasteiger partial charge in [-0.25, -0.2) is 0 Å². The van der Waals surface area contributed by atoms with Crippen LogP contribution < -0.4 is 10.6 Å². The molecule has 4 nitrogen and oxygen atoms in total. The van der Waals surface area contributed by atoms with Crippen molar-refractivity contribution >= 4 is 23.6 Å². The van der Waals surface area contributed by atoms with Gasteiger partial charge in [0.25, 0.3) is 5.91 Å². The first kappa shape index (κ1) is 23.6. The first-order valence-electron chi connectivity index (χ1n) is 10.9. The van der Waals surface area contributed by atoms with Crippen LogP contribution in [0.3, 0.4) is 0 Å². The fraction of sp³-hybridized carbons (Fsp3) is 0.259. The first-order chi connectivity index (χ1) is 15.5. The lowest BCUT2D eigenvalue weighted by Crippen LogP contribution is -2.37. The number of carbonyl (C=O) groups excluding carboxylic acids is 2. The van der Waals surface area contributed by atoms with Gasteiger partial charge in [-0.1, -0.05) is 72.8 Å². The lowest BCUT2D eigenvalue weighted by molar-refractivity contribution is -0.119. The van der Waals surface area contributed by atoms with Gasteiger partial charge in [0, 0.05) is 22.9 Å². The van der Waals surface area contributed by atoms with Gasteiger partial charge in [-0.15, -0.1) is 11.8 Å². The maximum absolute atomic E-state index is 13.2. The highest BCUT2D eigenvalue weighted by Crippen LogP contribution is 2.29. The molecule has 0 aliphatic carbocycles. The van der Waals surface area contributed by atoms with Gasteiger partial charge in [-0.3, -0.25) is 9.59 Å². The van der Waals surface area contributed by atoms with E-state index in [0.29, 0.717) is 5.56 Å². The predicted octanol–water partition coefficient (Wildman–Crippen LogP) is 5.25. The van der Waals surface area contributed by atoms with Crippen molar-refractivity contribution in [2.75, 3.05) is 5.75 Å². The highest BCUT2D eigenvalue weighted by atomic mass is 32.2. The van der Waals surface area contributed by atoms with E-state index in [0.717, 1.165) is 16.0 Å². The zero-order valence-electron chi connectivity index (χ0n) is 18.7. The van der Waals surface area contributed by atoms with Crippen LogP contribution in [0.1, 0.15) is 48.2 Å². The second-order valence-corrected chi connectivity index (χ2v) is 9.09. The van der Waals surface area contributed by atoms with E-state index >= 15 is 0 Å². The molecule has 3 aromatic carbocycles. The molecule has 0 aromatic heterocycles. The summed E-state index contributed by atoms with van der Waals surface area (Å²) in [5.74, 6) is 0.121. The van der Waals surface area contributed by atoms with Crippen molar-refractivity contribution in [2.24, 2.45) is 0 Å². The molecular formula is C27H30N2O2S. The Hall–Kier alpha value is -3.05. The molecule has 32 heavy (non-hydrogen) atoms. The Balaban J connectivity index is 1.77. The zero-order chi connectivity index (χ0) is 22.9. The number of hydrogen-bond donors (Lipinski definition) is 2. The maximum Gasteiger partial charge on any atom is 0.252 e. The monoisotopic (exact) mass is 446 g/mol. The Morgan fingerprint density at radius 2 is 1.28 bits per heavy atom. The fourth-order valence-electron chi connectivity index (χ4n) is 3.75. The standard InChI is InChI=1S/C27H30N2O2S/c1-19(2)28-25(30)18-32-24-17-11-10-16-23(24)27(31)29-20(3)26(21-12-6-4-7-13-21)22-14-8-5-9-15-22/h4-17,19-20,26H,18H2,1-3H3,(H,28,30)(H,29,31). The van der Waals surface area contributed by atoms with E-state index in [2.05, 4.69) is 34.9 Å². The highest BCUT2D eigenvalue weighted by Gasteiger charge is 2.24. The fourth-order valence-corrected chi connectivity index (χ4v) is 4.61. The topological polar surface area (TPSA) is 58.2 Å². The number of nitrogens with one attached hydrogen (secondary N) is 2. The van der Waals surface area contributed by atoms with Crippen LogP contribution >= 0.6 is 11.8 Å². The molecule has 2 amide bonds. The molecule has 0 saturated carbocycles. The van der Waals surface area contributed by atoms with Crippen LogP contribution in [-0.4, -0.2) is 29.7 Å². The summed E-state index contributed by atoms with van der Waals surface area (Å²) in [6, 6.07) is 27.9. The Bertz CT molecular complexity index is 983. The van der Waals surface area contributed by atoms with Crippen molar-refractivity contribution in [2.45, 2.75) is 43.7 Å². The minimum absolute atomic E-state index is 0.0259. The number of rotatable bonds is 9. The first-order valence-corrected chi connectivity index (χ1v) is 11.9. The third-order valence-corrected chi connectivity index (χ3v) is 6.19. The minimum atomic E-state index is -0.137. The smallest absolute Gasteiger partial charge is 0.252 e. The van der Waals surface area contributed by atoms with E-state index in [4.69, 9.17) is 0 Å². The van der Waals surface area contributed by atoms with Gasteiger partial charge in [0.15, 0.2) is 0 Å². The Morgan fingerprint density at radius 3 is 1.84 bits per heavy atom. The summed E-state index contributed by atoms with van der Waals surface area (Å²) in [5.41, 5.74) is 2.89. The third kappa shape index (κ3) is 6.47. The summed E-state index contributed by atoms with van der Waals surface area (Å²) in [7, 11) is 0. The van der Waals surface area contributed by atoms with Gasteiger partial charge in [0.2, 0.25) is 5.91 Å². The number of carbonyl (C=O) groups is 2. The van der Waals surface area contributed by atoms with Gasteiger partial charge in [-0.2, -0.15) is 0 Å². The summed E-state index contributed by atoms with van der Waals surface area (Å²) >= 11 is 1.38. The molecule has 0 aliphatic heterocycles. The molecule has 0 aliphatic rings. The second kappa shape index (κ2) is 11.5. The highest BCUT2D eigenvalue weighted by molar-refractivity contribution is 8.00. The average molecular weight is 447 g/mol. The molecule has 0 radical (unpaired) electrons. The molecule has 1 atom stereocenters. The van der Waals surface area contributed by atoms with Gasteiger partial charge in [-0.05, 0) is 44.0 Å². The summed E-state index contributed by atoms with van der Waals surface area (Å²) < 4.78 is 0. The quantitative estimate of drug-likeness (QED) is 0.441. The summed E-state index contributed by atoms with van der Waals surface area (Å²) in [6.45, 7) is 5.90. The number of hydrogen-bond acceptors (Lipinski definition) is 3. The third-order valence-electron chi connectivity index (χ3n) is 5.12. The van der Waals surface area contributed by atoms with Crippen LogP contribution in [0.15, 0.2) is 89.8 Å². The van der Waals surface area contributed by atoms with Crippen molar-refractivity contribution < 1.29 is 9.59 Å². The number of benzene rings is 3. The molecule has 5 heteroatoms. The van der Waals surface area contributed by atoms with E-state index in [1.165, 1.54) is 11.8 Å². The molecule has 3 aromatic rings. The van der Waals surface area contributed by atoms with Crippen LogP contribution in [0.25, 0.3) is 0 Å². The number of thioether (sulfide) groups is 1. The minimum Gasteiger partial charge on any atom is -0.353 e.